The molecule has 2 amide bonds. The lowest BCUT2D eigenvalue weighted by Gasteiger charge is -2.11. The van der Waals surface area contributed by atoms with Crippen LogP contribution in [0.4, 0.5) is 0 Å². The van der Waals surface area contributed by atoms with E-state index in [0.29, 0.717) is 38.7 Å². The van der Waals surface area contributed by atoms with E-state index in [0.717, 1.165) is 16.9 Å². The summed E-state index contributed by atoms with van der Waals surface area (Å²) in [6, 6.07) is 19.5. The minimum Gasteiger partial charge on any atom is -0.462 e. The molecule has 0 bridgehead atoms. The molecule has 5 rings (SSSR count). The molecule has 10 heteroatoms. The zero-order chi connectivity index (χ0) is 24.4. The number of rotatable bonds is 5. The minimum atomic E-state index is -0.645. The zero-order valence-electron chi connectivity index (χ0n) is 18.5. The molecule has 0 unspecified atom stereocenters. The van der Waals surface area contributed by atoms with Gasteiger partial charge in [0, 0.05) is 17.5 Å². The van der Waals surface area contributed by atoms with Crippen molar-refractivity contribution in [2.75, 3.05) is 0 Å². The lowest BCUT2D eigenvalue weighted by atomic mass is 10.1. The molecule has 5 aromatic rings. The molecular weight excluding hydrogens is 466 g/mol. The quantitative estimate of drug-likeness (QED) is 0.365. The van der Waals surface area contributed by atoms with E-state index in [4.69, 9.17) is 4.42 Å². The highest BCUT2D eigenvalue weighted by molar-refractivity contribution is 7.17. The average Bonchev–Trinajstić information content (AvgIpc) is 3.58. The molecule has 0 saturated heterocycles. The fourth-order valence-corrected chi connectivity index (χ4v) is 4.57. The number of carbonyl (C=O) groups is 2. The minimum absolute atomic E-state index is 0.0335. The van der Waals surface area contributed by atoms with E-state index < -0.39 is 11.8 Å². The van der Waals surface area contributed by atoms with Crippen LogP contribution in [0, 0.1) is 0 Å². The summed E-state index contributed by atoms with van der Waals surface area (Å²) >= 11 is 1.15. The Kier molecular flexibility index (Phi) is 5.94. The first-order chi connectivity index (χ1) is 17.1. The molecule has 3 heterocycles. The lowest BCUT2D eigenvalue weighted by molar-refractivity contribution is 0.0846. The molecule has 174 valence electrons. The molecule has 0 fully saturated rings. The van der Waals surface area contributed by atoms with Crippen LogP contribution in [-0.2, 0) is 6.54 Å². The second-order valence-electron chi connectivity index (χ2n) is 7.46. The van der Waals surface area contributed by atoms with Gasteiger partial charge in [-0.05, 0) is 25.1 Å². The Labute approximate surface area is 203 Å². The van der Waals surface area contributed by atoms with Gasteiger partial charge in [0.15, 0.2) is 16.5 Å². The van der Waals surface area contributed by atoms with Crippen LogP contribution in [0.15, 0.2) is 82.2 Å². The Bertz CT molecular complexity index is 1590. The predicted octanol–water partition coefficient (Wildman–Crippen LogP) is 3.87. The van der Waals surface area contributed by atoms with E-state index >= 15 is 0 Å². The Morgan fingerprint density at radius 1 is 0.943 bits per heavy atom. The summed E-state index contributed by atoms with van der Waals surface area (Å²) in [5, 5.41) is 5.50. The summed E-state index contributed by atoms with van der Waals surface area (Å²) in [5.74, 6) is -0.651. The van der Waals surface area contributed by atoms with Crippen LogP contribution in [0.25, 0.3) is 32.8 Å². The van der Waals surface area contributed by atoms with Gasteiger partial charge in [0.2, 0.25) is 0 Å². The number of nitrogens with zero attached hydrogens (tertiary/aromatic N) is 3. The first-order valence-corrected chi connectivity index (χ1v) is 11.6. The first-order valence-electron chi connectivity index (χ1n) is 10.8. The Balaban J connectivity index is 1.45. The maximum atomic E-state index is 13.1. The van der Waals surface area contributed by atoms with Gasteiger partial charge < -0.3 is 4.42 Å². The van der Waals surface area contributed by atoms with E-state index in [1.54, 1.807) is 43.3 Å². The van der Waals surface area contributed by atoms with Gasteiger partial charge in [-0.15, -0.1) is 11.3 Å². The summed E-state index contributed by atoms with van der Waals surface area (Å²) < 4.78 is 6.66. The SMILES string of the molecule is CCn1nc(C(=O)NNC(=O)c2sc(-c3ccco3)nc2-c2ccccc2)c2ccccc2c1=O. The Hall–Kier alpha value is -4.57. The van der Waals surface area contributed by atoms with Crippen LogP contribution in [0.1, 0.15) is 27.1 Å². The molecule has 0 aliphatic rings. The highest BCUT2D eigenvalue weighted by atomic mass is 32.1. The average molecular weight is 486 g/mol. The van der Waals surface area contributed by atoms with Gasteiger partial charge in [0.25, 0.3) is 17.4 Å². The fourth-order valence-electron chi connectivity index (χ4n) is 3.62. The number of hydrogen-bond acceptors (Lipinski definition) is 7. The van der Waals surface area contributed by atoms with Crippen LogP contribution in [0.5, 0.6) is 0 Å². The molecule has 9 nitrogen and oxygen atoms in total. The third-order valence-corrected chi connectivity index (χ3v) is 6.35. The van der Waals surface area contributed by atoms with Gasteiger partial charge in [-0.1, -0.05) is 48.5 Å². The third-order valence-electron chi connectivity index (χ3n) is 5.28. The monoisotopic (exact) mass is 485 g/mol. The van der Waals surface area contributed by atoms with Gasteiger partial charge in [-0.2, -0.15) is 5.10 Å². The van der Waals surface area contributed by atoms with Gasteiger partial charge in [0.05, 0.1) is 17.3 Å². The summed E-state index contributed by atoms with van der Waals surface area (Å²) in [7, 11) is 0. The number of fused-ring (bicyclic) bond motifs is 1. The number of aryl methyl sites for hydroxylation is 1. The third kappa shape index (κ3) is 4.22. The lowest BCUT2D eigenvalue weighted by Crippen LogP contribution is -2.42. The summed E-state index contributed by atoms with van der Waals surface area (Å²) in [6.07, 6.45) is 1.53. The Morgan fingerprint density at radius 3 is 2.37 bits per heavy atom. The molecule has 0 saturated carbocycles. The zero-order valence-corrected chi connectivity index (χ0v) is 19.3. The van der Waals surface area contributed by atoms with Crippen molar-refractivity contribution < 1.29 is 14.0 Å². The van der Waals surface area contributed by atoms with E-state index in [1.165, 1.54) is 10.9 Å². The van der Waals surface area contributed by atoms with Crippen LogP contribution in [-0.4, -0.2) is 26.6 Å². The van der Waals surface area contributed by atoms with E-state index in [2.05, 4.69) is 20.9 Å². The molecule has 0 spiro atoms. The fraction of sp³-hybridized carbons (Fsp3) is 0.0800. The number of furan rings is 1. The molecule has 0 aliphatic carbocycles. The number of nitrogens with one attached hydrogen (secondary N) is 2. The summed E-state index contributed by atoms with van der Waals surface area (Å²) in [4.78, 5) is 43.6. The molecule has 0 atom stereocenters. The largest absolute Gasteiger partial charge is 0.462 e. The van der Waals surface area contributed by atoms with Crippen molar-refractivity contribution in [1.29, 1.82) is 0 Å². The van der Waals surface area contributed by atoms with E-state index in [1.807, 2.05) is 30.3 Å². The number of hydrogen-bond donors (Lipinski definition) is 2. The first kappa shape index (κ1) is 22.2. The number of benzene rings is 2. The van der Waals surface area contributed by atoms with Crippen LogP contribution in [0.3, 0.4) is 0 Å². The topological polar surface area (TPSA) is 119 Å². The van der Waals surface area contributed by atoms with Gasteiger partial charge in [0.1, 0.15) is 4.88 Å². The number of carbonyl (C=O) groups excluding carboxylic acids is 2. The number of aromatic nitrogens is 3. The molecule has 0 radical (unpaired) electrons. The smallest absolute Gasteiger partial charge is 0.290 e. The number of amides is 2. The van der Waals surface area contributed by atoms with Gasteiger partial charge in [-0.25, -0.2) is 9.67 Å². The van der Waals surface area contributed by atoms with Crippen molar-refractivity contribution >= 4 is 33.9 Å². The highest BCUT2D eigenvalue weighted by Crippen LogP contribution is 2.34. The van der Waals surface area contributed by atoms with Crippen LogP contribution < -0.4 is 16.4 Å². The molecule has 0 aliphatic heterocycles. The standard InChI is InChI=1S/C25H19N5O4S/c1-2-30-25(33)17-12-7-6-11-16(17)20(29-30)22(31)27-28-23(32)21-19(15-9-4-3-5-10-15)26-24(35-21)18-13-8-14-34-18/h3-14H,2H2,1H3,(H,27,31)(H,28,32). The maximum Gasteiger partial charge on any atom is 0.290 e. The van der Waals surface area contributed by atoms with Crippen LogP contribution >= 0.6 is 11.3 Å². The Morgan fingerprint density at radius 2 is 1.66 bits per heavy atom. The van der Waals surface area contributed by atoms with E-state index in [9.17, 15) is 14.4 Å². The van der Waals surface area contributed by atoms with Crippen LogP contribution in [0.2, 0.25) is 0 Å². The van der Waals surface area contributed by atoms with E-state index in [-0.39, 0.29) is 11.3 Å². The predicted molar refractivity (Wildman–Crippen MR) is 132 cm³/mol. The second-order valence-corrected chi connectivity index (χ2v) is 8.46. The normalized spacial score (nSPS) is 10.9. The molecule has 3 aromatic heterocycles. The molecule has 2 aromatic carbocycles. The second kappa shape index (κ2) is 9.35. The van der Waals surface area contributed by atoms with Crippen molar-refractivity contribution in [2.45, 2.75) is 13.5 Å². The summed E-state index contributed by atoms with van der Waals surface area (Å²) in [6.45, 7) is 2.06. The van der Waals surface area contributed by atoms with Gasteiger partial charge in [-0.3, -0.25) is 25.2 Å². The summed E-state index contributed by atoms with van der Waals surface area (Å²) in [5.41, 5.74) is 5.85. The molecule has 35 heavy (non-hydrogen) atoms. The van der Waals surface area contributed by atoms with Gasteiger partial charge >= 0.3 is 0 Å². The maximum absolute atomic E-state index is 13.1. The number of hydrazine groups is 1. The number of thiazole rings is 1. The molecular formula is C25H19N5O4S. The van der Waals surface area contributed by atoms with Crippen molar-refractivity contribution in [3.05, 3.63) is 93.9 Å². The highest BCUT2D eigenvalue weighted by Gasteiger charge is 2.23. The van der Waals surface area contributed by atoms with Crippen molar-refractivity contribution in [2.24, 2.45) is 0 Å². The van der Waals surface area contributed by atoms with Crippen molar-refractivity contribution in [3.8, 4) is 22.0 Å². The molecule has 2 N–H and O–H groups in total. The van der Waals surface area contributed by atoms with Crippen molar-refractivity contribution in [1.82, 2.24) is 25.6 Å². The van der Waals surface area contributed by atoms with Crippen molar-refractivity contribution in [3.63, 3.8) is 0 Å².